The van der Waals surface area contributed by atoms with Gasteiger partial charge in [0, 0.05) is 28.3 Å². The molecule has 1 heterocycles. The predicted molar refractivity (Wildman–Crippen MR) is 197 cm³/mol. The van der Waals surface area contributed by atoms with Gasteiger partial charge in [-0.25, -0.2) is 4.79 Å². The Morgan fingerprint density at radius 3 is 2.34 bits per heavy atom. The Bertz CT molecular complexity index is 1440. The summed E-state index contributed by atoms with van der Waals surface area (Å²) in [6, 6.07) is 8.08. The van der Waals surface area contributed by atoms with Crippen LogP contribution in [0, 0.1) is 45.3 Å². The van der Waals surface area contributed by atoms with E-state index in [-0.39, 0.29) is 33.0 Å². The highest BCUT2D eigenvalue weighted by atomic mass is 32.2. The minimum Gasteiger partial charge on any atom is -0.465 e. The van der Waals surface area contributed by atoms with Crippen LogP contribution in [0.5, 0.6) is 0 Å². The number of nitrogens with one attached hydrogen (secondary N) is 2. The minimum atomic E-state index is -0.279. The summed E-state index contributed by atoms with van der Waals surface area (Å²) in [5.41, 5.74) is 4.18. The summed E-state index contributed by atoms with van der Waals surface area (Å²) in [6.07, 6.45) is 14.9. The molecular formula is C40H58N2O3S2. The van der Waals surface area contributed by atoms with E-state index in [0.29, 0.717) is 46.6 Å². The van der Waals surface area contributed by atoms with Gasteiger partial charge in [0.2, 0.25) is 5.91 Å². The van der Waals surface area contributed by atoms with Crippen LogP contribution in [0.2, 0.25) is 0 Å². The molecule has 6 aliphatic rings. The van der Waals surface area contributed by atoms with Crippen molar-refractivity contribution in [2.45, 2.75) is 109 Å². The van der Waals surface area contributed by atoms with Crippen LogP contribution in [0.25, 0.3) is 5.57 Å². The van der Waals surface area contributed by atoms with Crippen LogP contribution in [0.3, 0.4) is 0 Å². The number of hydrogen-bond donors (Lipinski definition) is 3. The number of rotatable bonds is 8. The molecule has 4 saturated carbocycles. The predicted octanol–water partition coefficient (Wildman–Crippen LogP) is 8.20. The van der Waals surface area contributed by atoms with Gasteiger partial charge in [0.15, 0.2) is 0 Å². The molecule has 1 amide bonds. The summed E-state index contributed by atoms with van der Waals surface area (Å²) in [5, 5.41) is 7.16. The van der Waals surface area contributed by atoms with Gasteiger partial charge in [0.25, 0.3) is 0 Å². The van der Waals surface area contributed by atoms with E-state index in [1.807, 2.05) is 23.9 Å². The quantitative estimate of drug-likeness (QED) is 0.147. The highest BCUT2D eigenvalue weighted by molar-refractivity contribution is 8.08. The van der Waals surface area contributed by atoms with Crippen molar-refractivity contribution in [3.63, 3.8) is 0 Å². The number of carbonyl (C=O) groups is 2. The van der Waals surface area contributed by atoms with Crippen molar-refractivity contribution >= 4 is 41.8 Å². The molecule has 5 fully saturated rings. The average Bonchev–Trinajstić information content (AvgIpc) is 3.70. The molecule has 0 radical (unpaired) electrons. The number of esters is 1. The van der Waals surface area contributed by atoms with Crippen LogP contribution in [0.4, 0.5) is 0 Å². The maximum atomic E-state index is 13.4. The molecular weight excluding hydrogens is 621 g/mol. The van der Waals surface area contributed by atoms with E-state index in [4.69, 9.17) is 4.74 Å². The smallest absolute Gasteiger partial charge is 0.337 e. The van der Waals surface area contributed by atoms with E-state index in [0.717, 1.165) is 37.3 Å². The Morgan fingerprint density at radius 2 is 1.66 bits per heavy atom. The molecule has 1 saturated heterocycles. The van der Waals surface area contributed by atoms with E-state index in [1.54, 1.807) is 0 Å². The van der Waals surface area contributed by atoms with Gasteiger partial charge < -0.3 is 15.4 Å². The second kappa shape index (κ2) is 11.8. The van der Waals surface area contributed by atoms with Crippen molar-refractivity contribution in [1.82, 2.24) is 10.6 Å². The van der Waals surface area contributed by atoms with Crippen molar-refractivity contribution in [2.75, 3.05) is 31.7 Å². The Hall–Kier alpha value is -1.44. The van der Waals surface area contributed by atoms with Gasteiger partial charge in [0.05, 0.1) is 19.2 Å². The first kappa shape index (κ1) is 34.0. The molecule has 258 valence electrons. The summed E-state index contributed by atoms with van der Waals surface area (Å²) in [6.45, 7) is 14.3. The molecule has 1 aromatic rings. The fourth-order valence-corrected chi connectivity index (χ4v) is 14.2. The van der Waals surface area contributed by atoms with Crippen molar-refractivity contribution in [1.29, 1.82) is 0 Å². The molecule has 7 heteroatoms. The molecule has 5 nitrogen and oxygen atoms in total. The van der Waals surface area contributed by atoms with E-state index < -0.39 is 0 Å². The number of thiol groups is 1. The van der Waals surface area contributed by atoms with Gasteiger partial charge in [-0.05, 0) is 126 Å². The summed E-state index contributed by atoms with van der Waals surface area (Å²) in [7, 11) is 1.44. The lowest BCUT2D eigenvalue weighted by Gasteiger charge is -2.72. The molecule has 2 unspecified atom stereocenters. The SMILES string of the molecule is COC(=O)c1ccc(C2=CC[C@@]3(C)C(CC[C@]4(C)C3CC[C@@H]3[C@H]5CCC[C@]5(NC(=O)CNC[C@@]5(CS)CS5)CC[C@]34C)C2(C)C)cc1. The number of amides is 1. The molecule has 1 aromatic carbocycles. The first-order valence-corrected chi connectivity index (χ1v) is 20.1. The minimum absolute atomic E-state index is 0.0172. The number of carbonyl (C=O) groups excluding carboxylic acids is 2. The van der Waals surface area contributed by atoms with Crippen molar-refractivity contribution in [2.24, 2.45) is 45.3 Å². The third-order valence-electron chi connectivity index (χ3n) is 15.5. The molecule has 9 atom stereocenters. The van der Waals surface area contributed by atoms with E-state index in [1.165, 1.54) is 63.2 Å². The molecule has 0 bridgehead atoms. The van der Waals surface area contributed by atoms with Crippen LogP contribution < -0.4 is 10.6 Å². The van der Waals surface area contributed by atoms with Gasteiger partial charge in [-0.2, -0.15) is 24.4 Å². The molecule has 2 N–H and O–H groups in total. The van der Waals surface area contributed by atoms with Gasteiger partial charge in [0.1, 0.15) is 0 Å². The maximum Gasteiger partial charge on any atom is 0.337 e. The molecule has 5 aliphatic carbocycles. The average molecular weight is 679 g/mol. The van der Waals surface area contributed by atoms with E-state index in [9.17, 15) is 9.59 Å². The first-order chi connectivity index (χ1) is 22.3. The number of methoxy groups -OCH3 is 1. The normalized spacial score (nSPS) is 43.0. The van der Waals surface area contributed by atoms with Crippen LogP contribution in [-0.2, 0) is 9.53 Å². The Balaban J connectivity index is 1.10. The third kappa shape index (κ3) is 5.20. The van der Waals surface area contributed by atoms with Crippen LogP contribution >= 0.6 is 24.4 Å². The number of ether oxygens (including phenoxy) is 1. The van der Waals surface area contributed by atoms with Crippen molar-refractivity contribution in [3.8, 4) is 0 Å². The molecule has 1 aliphatic heterocycles. The topological polar surface area (TPSA) is 67.4 Å². The van der Waals surface area contributed by atoms with Crippen molar-refractivity contribution < 1.29 is 14.3 Å². The molecule has 0 aromatic heterocycles. The number of fused-ring (bicyclic) bond motifs is 7. The Kier molecular flexibility index (Phi) is 8.56. The second-order valence-corrected chi connectivity index (χ2v) is 19.5. The third-order valence-corrected chi connectivity index (χ3v) is 17.7. The van der Waals surface area contributed by atoms with E-state index >= 15 is 0 Å². The van der Waals surface area contributed by atoms with Gasteiger partial charge in [-0.1, -0.05) is 59.2 Å². The lowest BCUT2D eigenvalue weighted by atomic mass is 9.33. The summed E-state index contributed by atoms with van der Waals surface area (Å²) < 4.78 is 5.20. The maximum absolute atomic E-state index is 13.4. The van der Waals surface area contributed by atoms with Crippen LogP contribution in [0.15, 0.2) is 30.3 Å². The monoisotopic (exact) mass is 678 g/mol. The summed E-state index contributed by atoms with van der Waals surface area (Å²) >= 11 is 6.48. The Morgan fingerprint density at radius 1 is 0.915 bits per heavy atom. The summed E-state index contributed by atoms with van der Waals surface area (Å²) in [4.78, 5) is 25.5. The lowest BCUT2D eigenvalue weighted by molar-refractivity contribution is -0.216. The van der Waals surface area contributed by atoms with Crippen LogP contribution in [-0.4, -0.2) is 53.9 Å². The Labute approximate surface area is 293 Å². The number of allylic oxidation sites excluding steroid dienone is 2. The number of hydrogen-bond acceptors (Lipinski definition) is 6. The molecule has 7 rings (SSSR count). The number of thioether (sulfide) groups is 1. The van der Waals surface area contributed by atoms with Gasteiger partial charge in [-0.3, -0.25) is 4.79 Å². The zero-order valence-corrected chi connectivity index (χ0v) is 31.4. The summed E-state index contributed by atoms with van der Waals surface area (Å²) in [5.74, 6) is 4.53. The largest absolute Gasteiger partial charge is 0.465 e. The zero-order chi connectivity index (χ0) is 33.5. The second-order valence-electron chi connectivity index (χ2n) is 17.7. The highest BCUT2D eigenvalue weighted by Gasteiger charge is 2.69. The van der Waals surface area contributed by atoms with E-state index in [2.05, 4.69) is 76.1 Å². The zero-order valence-electron chi connectivity index (χ0n) is 29.7. The standard InChI is InChI=1S/C40H58N2O3S2/c1-35(2)28(26-9-11-27(12-10-26)34(44)45-6)15-18-36(3)31(35)16-19-38(5)32(36)14-13-29-30-8-7-17-40(30,21-20-37(29,38)4)42-33(43)22-41-23-39(24-46)25-47-39/h9-12,15,29-32,41,46H,7-8,13-14,16-25H2,1-6H3,(H,42,43)/t29-,30-,31?,32?,36+,37-,38-,39-,40+/m1/s1. The first-order valence-electron chi connectivity index (χ1n) is 18.4. The lowest BCUT2D eigenvalue weighted by Crippen LogP contribution is -2.68. The fraction of sp³-hybridized carbons (Fsp3) is 0.750. The van der Waals surface area contributed by atoms with Gasteiger partial charge in [-0.15, -0.1) is 0 Å². The van der Waals surface area contributed by atoms with Crippen molar-refractivity contribution in [3.05, 3.63) is 41.5 Å². The number of benzene rings is 1. The van der Waals surface area contributed by atoms with Gasteiger partial charge >= 0.3 is 5.97 Å². The van der Waals surface area contributed by atoms with Crippen LogP contribution in [0.1, 0.15) is 115 Å². The fourth-order valence-electron chi connectivity index (χ4n) is 12.9. The molecule has 47 heavy (non-hydrogen) atoms. The highest BCUT2D eigenvalue weighted by Crippen LogP contribution is 2.76. The molecule has 0 spiro atoms.